The third-order valence-electron chi connectivity index (χ3n) is 1.85. The number of aromatic nitrogens is 1. The Labute approximate surface area is 96.8 Å². The summed E-state index contributed by atoms with van der Waals surface area (Å²) in [7, 11) is 0. The van der Waals surface area contributed by atoms with Crippen molar-refractivity contribution in [1.29, 1.82) is 0 Å². The predicted octanol–water partition coefficient (Wildman–Crippen LogP) is 1.34. The molecule has 0 aromatic carbocycles. The number of rotatable bonds is 3. The van der Waals surface area contributed by atoms with Crippen LogP contribution in [0, 0.1) is 0 Å². The summed E-state index contributed by atoms with van der Waals surface area (Å²) in [6.45, 7) is 3.38. The Hall–Kier alpha value is -0.940. The molecule has 1 heterocycles. The van der Waals surface area contributed by atoms with Crippen LogP contribution in [0.25, 0.3) is 0 Å². The Bertz CT molecular complexity index is 366. The molecule has 0 saturated heterocycles. The van der Waals surface area contributed by atoms with E-state index in [2.05, 4.69) is 26.2 Å². The molecule has 0 saturated carbocycles. The maximum atomic E-state index is 11.7. The quantitative estimate of drug-likeness (QED) is 0.817. The SMILES string of the molecule is CC(C)(CO)NC(=O)c1cccnc1Br. The summed E-state index contributed by atoms with van der Waals surface area (Å²) in [5.74, 6) is -0.256. The normalized spacial score (nSPS) is 11.2. The second-order valence-electron chi connectivity index (χ2n) is 3.84. The monoisotopic (exact) mass is 272 g/mol. The number of nitrogens with one attached hydrogen (secondary N) is 1. The molecule has 0 spiro atoms. The summed E-state index contributed by atoms with van der Waals surface area (Å²) in [4.78, 5) is 15.7. The van der Waals surface area contributed by atoms with Crippen LogP contribution >= 0.6 is 15.9 Å². The molecule has 1 rings (SSSR count). The number of aliphatic hydroxyl groups is 1. The van der Waals surface area contributed by atoms with Crippen LogP contribution in [0.3, 0.4) is 0 Å². The van der Waals surface area contributed by atoms with Crippen molar-refractivity contribution in [1.82, 2.24) is 10.3 Å². The van der Waals surface area contributed by atoms with Crippen LogP contribution < -0.4 is 5.32 Å². The molecule has 5 heteroatoms. The fraction of sp³-hybridized carbons (Fsp3) is 0.400. The second kappa shape index (κ2) is 4.72. The first kappa shape index (κ1) is 12.1. The van der Waals surface area contributed by atoms with Gasteiger partial charge in [0.05, 0.1) is 17.7 Å². The number of halogens is 1. The van der Waals surface area contributed by atoms with Crippen molar-refractivity contribution in [3.63, 3.8) is 0 Å². The lowest BCUT2D eigenvalue weighted by Crippen LogP contribution is -2.46. The van der Waals surface area contributed by atoms with E-state index in [4.69, 9.17) is 5.11 Å². The average Bonchev–Trinajstić information content (AvgIpc) is 2.17. The Morgan fingerprint density at radius 2 is 2.33 bits per heavy atom. The van der Waals surface area contributed by atoms with Gasteiger partial charge in [0.2, 0.25) is 0 Å². The second-order valence-corrected chi connectivity index (χ2v) is 4.59. The Kier molecular flexibility index (Phi) is 3.82. The van der Waals surface area contributed by atoms with Crippen molar-refractivity contribution in [2.24, 2.45) is 0 Å². The summed E-state index contributed by atoms with van der Waals surface area (Å²) >= 11 is 3.19. The number of amides is 1. The number of nitrogens with zero attached hydrogens (tertiary/aromatic N) is 1. The van der Waals surface area contributed by atoms with Gasteiger partial charge in [0.1, 0.15) is 4.60 Å². The van der Waals surface area contributed by atoms with E-state index in [1.165, 1.54) is 0 Å². The lowest BCUT2D eigenvalue weighted by Gasteiger charge is -2.23. The number of hydrogen-bond acceptors (Lipinski definition) is 3. The van der Waals surface area contributed by atoms with Crippen LogP contribution in [0.15, 0.2) is 22.9 Å². The topological polar surface area (TPSA) is 62.2 Å². The van der Waals surface area contributed by atoms with Gasteiger partial charge in [-0.3, -0.25) is 4.79 Å². The summed E-state index contributed by atoms with van der Waals surface area (Å²) in [6, 6.07) is 3.35. The van der Waals surface area contributed by atoms with E-state index in [1.807, 2.05) is 0 Å². The standard InChI is InChI=1S/C10H13BrN2O2/c1-10(2,6-14)13-9(15)7-4-3-5-12-8(7)11/h3-5,14H,6H2,1-2H3,(H,13,15). The summed E-state index contributed by atoms with van der Waals surface area (Å²) in [5.41, 5.74) is -0.175. The molecule has 82 valence electrons. The number of hydrogen-bond donors (Lipinski definition) is 2. The lowest BCUT2D eigenvalue weighted by molar-refractivity contribution is 0.0868. The van der Waals surface area contributed by atoms with Crippen molar-refractivity contribution < 1.29 is 9.90 Å². The maximum absolute atomic E-state index is 11.7. The van der Waals surface area contributed by atoms with Gasteiger partial charge in [-0.15, -0.1) is 0 Å². The van der Waals surface area contributed by atoms with E-state index in [9.17, 15) is 4.79 Å². The molecule has 0 aliphatic heterocycles. The predicted molar refractivity (Wildman–Crippen MR) is 60.6 cm³/mol. The van der Waals surface area contributed by atoms with Gasteiger partial charge in [-0.2, -0.15) is 0 Å². The van der Waals surface area contributed by atoms with Gasteiger partial charge in [-0.25, -0.2) is 4.98 Å². The van der Waals surface area contributed by atoms with E-state index in [0.29, 0.717) is 10.2 Å². The summed E-state index contributed by atoms with van der Waals surface area (Å²) < 4.78 is 0.497. The van der Waals surface area contributed by atoms with Gasteiger partial charge in [0.25, 0.3) is 5.91 Å². The highest BCUT2D eigenvalue weighted by atomic mass is 79.9. The zero-order valence-corrected chi connectivity index (χ0v) is 10.2. The first-order valence-corrected chi connectivity index (χ1v) is 5.29. The van der Waals surface area contributed by atoms with Crippen LogP contribution in [-0.4, -0.2) is 28.1 Å². The molecule has 2 N–H and O–H groups in total. The van der Waals surface area contributed by atoms with Crippen LogP contribution in [-0.2, 0) is 0 Å². The van der Waals surface area contributed by atoms with E-state index < -0.39 is 5.54 Å². The number of pyridine rings is 1. The largest absolute Gasteiger partial charge is 0.394 e. The Balaban J connectivity index is 2.83. The molecular formula is C10H13BrN2O2. The maximum Gasteiger partial charge on any atom is 0.254 e. The van der Waals surface area contributed by atoms with E-state index in [1.54, 1.807) is 32.2 Å². The minimum Gasteiger partial charge on any atom is -0.394 e. The van der Waals surface area contributed by atoms with Gasteiger partial charge in [-0.05, 0) is 41.9 Å². The van der Waals surface area contributed by atoms with Crippen LogP contribution in [0.4, 0.5) is 0 Å². The fourth-order valence-electron chi connectivity index (χ4n) is 0.970. The third-order valence-corrected chi connectivity index (χ3v) is 2.48. The molecule has 1 aromatic heterocycles. The van der Waals surface area contributed by atoms with Crippen molar-refractivity contribution in [2.75, 3.05) is 6.61 Å². The van der Waals surface area contributed by atoms with Gasteiger partial charge in [-0.1, -0.05) is 0 Å². The summed E-state index contributed by atoms with van der Waals surface area (Å²) in [6.07, 6.45) is 1.60. The smallest absolute Gasteiger partial charge is 0.254 e. The van der Waals surface area contributed by atoms with Gasteiger partial charge >= 0.3 is 0 Å². The average molecular weight is 273 g/mol. The lowest BCUT2D eigenvalue weighted by atomic mass is 10.1. The highest BCUT2D eigenvalue weighted by Gasteiger charge is 2.21. The molecule has 0 aliphatic carbocycles. The molecule has 1 amide bonds. The summed E-state index contributed by atoms with van der Waals surface area (Å²) in [5, 5.41) is 11.7. The van der Waals surface area contributed by atoms with Crippen LogP contribution in [0.1, 0.15) is 24.2 Å². The highest BCUT2D eigenvalue weighted by molar-refractivity contribution is 9.10. The molecule has 15 heavy (non-hydrogen) atoms. The van der Waals surface area contributed by atoms with Crippen LogP contribution in [0.2, 0.25) is 0 Å². The first-order valence-electron chi connectivity index (χ1n) is 4.50. The zero-order chi connectivity index (χ0) is 11.5. The van der Waals surface area contributed by atoms with Gasteiger partial charge in [0, 0.05) is 6.20 Å². The number of carbonyl (C=O) groups excluding carboxylic acids is 1. The third kappa shape index (κ3) is 3.28. The molecule has 0 radical (unpaired) electrons. The van der Waals surface area contributed by atoms with Crippen molar-refractivity contribution in [3.8, 4) is 0 Å². The molecule has 0 bridgehead atoms. The Morgan fingerprint density at radius 1 is 1.67 bits per heavy atom. The minimum absolute atomic E-state index is 0.114. The Morgan fingerprint density at radius 3 is 2.87 bits per heavy atom. The number of carbonyl (C=O) groups is 1. The number of aliphatic hydroxyl groups excluding tert-OH is 1. The van der Waals surface area contributed by atoms with Gasteiger partial charge in [0.15, 0.2) is 0 Å². The fourth-order valence-corrected chi connectivity index (χ4v) is 1.40. The molecule has 0 atom stereocenters. The van der Waals surface area contributed by atoms with Crippen LogP contribution in [0.5, 0.6) is 0 Å². The zero-order valence-electron chi connectivity index (χ0n) is 8.62. The van der Waals surface area contributed by atoms with E-state index in [-0.39, 0.29) is 12.5 Å². The highest BCUT2D eigenvalue weighted by Crippen LogP contribution is 2.13. The molecule has 0 unspecified atom stereocenters. The molecule has 4 nitrogen and oxygen atoms in total. The van der Waals surface area contributed by atoms with E-state index in [0.717, 1.165) is 0 Å². The minimum atomic E-state index is -0.633. The molecular weight excluding hydrogens is 260 g/mol. The first-order chi connectivity index (χ1) is 6.96. The van der Waals surface area contributed by atoms with Crippen molar-refractivity contribution in [2.45, 2.75) is 19.4 Å². The van der Waals surface area contributed by atoms with E-state index >= 15 is 0 Å². The van der Waals surface area contributed by atoms with Gasteiger partial charge < -0.3 is 10.4 Å². The van der Waals surface area contributed by atoms with Crippen molar-refractivity contribution >= 4 is 21.8 Å². The molecule has 0 fully saturated rings. The molecule has 0 aliphatic rings. The molecule has 1 aromatic rings. The van der Waals surface area contributed by atoms with Crippen molar-refractivity contribution in [3.05, 3.63) is 28.5 Å².